The molecule has 2 amide bonds. The standard InChI is InChI=1S/C22H28ClN5O5/c1-13(2)11-28-19(24)18(20(30)25-22(28)32)26(8-9-33-3)21(31)14-10-17(29)27(12-14)16-7-5-4-6-15(16)23/h4-7,13-14H,8-12,24H2,1-3H3,(H,25,30,32). The number of rotatable bonds is 8. The number of para-hydroxylation sites is 1. The van der Waals surface area contributed by atoms with E-state index < -0.39 is 23.1 Å². The number of nitrogens with two attached hydrogens (primary N) is 1. The number of nitrogens with one attached hydrogen (secondary N) is 1. The van der Waals surface area contributed by atoms with E-state index in [0.717, 1.165) is 0 Å². The van der Waals surface area contributed by atoms with E-state index in [9.17, 15) is 19.2 Å². The van der Waals surface area contributed by atoms with Crippen LogP contribution in [-0.4, -0.2) is 48.2 Å². The zero-order chi connectivity index (χ0) is 24.3. The lowest BCUT2D eigenvalue weighted by Gasteiger charge is -2.27. The van der Waals surface area contributed by atoms with Crippen molar-refractivity contribution in [3.05, 3.63) is 50.1 Å². The van der Waals surface area contributed by atoms with Crippen molar-refractivity contribution in [2.45, 2.75) is 26.8 Å². The van der Waals surface area contributed by atoms with E-state index >= 15 is 0 Å². The number of methoxy groups -OCH3 is 1. The Labute approximate surface area is 195 Å². The number of carbonyl (C=O) groups excluding carboxylic acids is 2. The molecule has 0 spiro atoms. The molecule has 1 atom stereocenters. The number of aromatic amines is 1. The molecule has 1 aromatic heterocycles. The van der Waals surface area contributed by atoms with Gasteiger partial charge in [-0.3, -0.25) is 23.9 Å². The molecule has 11 heteroatoms. The minimum atomic E-state index is -0.769. The first-order valence-corrected chi connectivity index (χ1v) is 11.0. The average molecular weight is 478 g/mol. The van der Waals surface area contributed by atoms with Gasteiger partial charge in [0, 0.05) is 33.2 Å². The first kappa shape index (κ1) is 24.5. The van der Waals surface area contributed by atoms with Crippen molar-refractivity contribution in [3.63, 3.8) is 0 Å². The van der Waals surface area contributed by atoms with E-state index in [2.05, 4.69) is 4.98 Å². The van der Waals surface area contributed by atoms with Crippen LogP contribution in [0, 0.1) is 11.8 Å². The molecule has 1 aliphatic rings. The van der Waals surface area contributed by atoms with Crippen molar-refractivity contribution in [2.24, 2.45) is 11.8 Å². The molecule has 1 aromatic carbocycles. The van der Waals surface area contributed by atoms with E-state index in [1.54, 1.807) is 24.3 Å². The van der Waals surface area contributed by atoms with Crippen LogP contribution in [0.3, 0.4) is 0 Å². The quantitative estimate of drug-likeness (QED) is 0.591. The van der Waals surface area contributed by atoms with Crippen LogP contribution in [0.5, 0.6) is 0 Å². The number of aromatic nitrogens is 2. The van der Waals surface area contributed by atoms with Crippen molar-refractivity contribution in [3.8, 4) is 0 Å². The molecule has 0 saturated carbocycles. The normalized spacial score (nSPS) is 16.0. The summed E-state index contributed by atoms with van der Waals surface area (Å²) in [5.74, 6) is -1.46. The molecule has 0 aliphatic carbocycles. The van der Waals surface area contributed by atoms with Crippen molar-refractivity contribution >= 4 is 40.6 Å². The van der Waals surface area contributed by atoms with Crippen LogP contribution >= 0.6 is 11.6 Å². The molecule has 3 N–H and O–H groups in total. The van der Waals surface area contributed by atoms with Crippen molar-refractivity contribution in [1.29, 1.82) is 0 Å². The van der Waals surface area contributed by atoms with Crippen LogP contribution in [-0.2, 0) is 20.9 Å². The highest BCUT2D eigenvalue weighted by Gasteiger charge is 2.39. The summed E-state index contributed by atoms with van der Waals surface area (Å²) in [5.41, 5.74) is 5.20. The largest absolute Gasteiger partial charge is 0.383 e. The molecular formula is C22H28ClN5O5. The average Bonchev–Trinajstić information content (AvgIpc) is 3.14. The SMILES string of the molecule is COCCN(C(=O)C1CC(=O)N(c2ccccc2Cl)C1)c1c(N)n(CC(C)C)c(=O)[nH]c1=O. The van der Waals surface area contributed by atoms with Gasteiger partial charge in [-0.15, -0.1) is 0 Å². The highest BCUT2D eigenvalue weighted by molar-refractivity contribution is 6.34. The van der Waals surface area contributed by atoms with Gasteiger partial charge in [0.2, 0.25) is 11.8 Å². The fourth-order valence-electron chi connectivity index (χ4n) is 3.90. The van der Waals surface area contributed by atoms with Crippen molar-refractivity contribution in [2.75, 3.05) is 42.3 Å². The van der Waals surface area contributed by atoms with Gasteiger partial charge in [-0.25, -0.2) is 4.79 Å². The van der Waals surface area contributed by atoms with Crippen molar-refractivity contribution < 1.29 is 14.3 Å². The van der Waals surface area contributed by atoms with Gasteiger partial charge in [-0.2, -0.15) is 0 Å². The minimum Gasteiger partial charge on any atom is -0.383 e. The Morgan fingerprint density at radius 3 is 2.64 bits per heavy atom. The number of carbonyl (C=O) groups is 2. The number of halogens is 1. The summed E-state index contributed by atoms with van der Waals surface area (Å²) in [6.07, 6.45) is -0.0447. The maximum Gasteiger partial charge on any atom is 0.330 e. The van der Waals surface area contributed by atoms with Crippen LogP contribution in [0.15, 0.2) is 33.9 Å². The first-order chi connectivity index (χ1) is 15.6. The summed E-state index contributed by atoms with van der Waals surface area (Å²) >= 11 is 6.24. The molecule has 1 unspecified atom stereocenters. The molecule has 2 heterocycles. The Kier molecular flexibility index (Phi) is 7.60. The summed E-state index contributed by atoms with van der Waals surface area (Å²) < 4.78 is 6.36. The van der Waals surface area contributed by atoms with Crippen molar-refractivity contribution in [1.82, 2.24) is 9.55 Å². The Balaban J connectivity index is 1.98. The maximum absolute atomic E-state index is 13.5. The lowest BCUT2D eigenvalue weighted by atomic mass is 10.1. The summed E-state index contributed by atoms with van der Waals surface area (Å²) in [7, 11) is 1.47. The third kappa shape index (κ3) is 5.12. The second kappa shape index (κ2) is 10.2. The van der Waals surface area contributed by atoms with Gasteiger partial charge in [0.25, 0.3) is 5.56 Å². The molecule has 1 saturated heterocycles. The fraction of sp³-hybridized carbons (Fsp3) is 0.455. The molecule has 178 valence electrons. The second-order valence-corrected chi connectivity index (χ2v) is 8.74. The predicted molar refractivity (Wildman–Crippen MR) is 127 cm³/mol. The molecule has 10 nitrogen and oxygen atoms in total. The van der Waals surface area contributed by atoms with E-state index in [4.69, 9.17) is 22.1 Å². The molecular weight excluding hydrogens is 450 g/mol. The first-order valence-electron chi connectivity index (χ1n) is 10.6. The van der Waals surface area contributed by atoms with Gasteiger partial charge in [0.1, 0.15) is 5.82 Å². The van der Waals surface area contributed by atoms with Gasteiger partial charge in [0.15, 0.2) is 5.69 Å². The number of nitrogen functional groups attached to an aromatic ring is 1. The summed E-state index contributed by atoms with van der Waals surface area (Å²) in [4.78, 5) is 56.2. The Bertz CT molecular complexity index is 1160. The number of amides is 2. The van der Waals surface area contributed by atoms with Crippen LogP contribution in [0.4, 0.5) is 17.2 Å². The zero-order valence-electron chi connectivity index (χ0n) is 18.8. The maximum atomic E-state index is 13.5. The molecule has 2 aromatic rings. The molecule has 1 fully saturated rings. The molecule has 33 heavy (non-hydrogen) atoms. The third-order valence-electron chi connectivity index (χ3n) is 5.43. The highest BCUT2D eigenvalue weighted by Crippen LogP contribution is 2.32. The monoisotopic (exact) mass is 477 g/mol. The number of benzene rings is 1. The predicted octanol–water partition coefficient (Wildman–Crippen LogP) is 1.46. The second-order valence-electron chi connectivity index (χ2n) is 8.34. The van der Waals surface area contributed by atoms with Crippen LogP contribution in [0.1, 0.15) is 20.3 Å². The number of hydrogen-bond acceptors (Lipinski definition) is 6. The number of nitrogens with zero attached hydrogens (tertiary/aromatic N) is 3. The molecule has 3 rings (SSSR count). The minimum absolute atomic E-state index is 0.0271. The fourth-order valence-corrected chi connectivity index (χ4v) is 4.13. The number of anilines is 3. The zero-order valence-corrected chi connectivity index (χ0v) is 19.6. The van der Waals surface area contributed by atoms with E-state index in [0.29, 0.717) is 10.7 Å². The number of hydrogen-bond donors (Lipinski definition) is 2. The smallest absolute Gasteiger partial charge is 0.330 e. The topological polar surface area (TPSA) is 131 Å². The Hall–Kier alpha value is -3.11. The summed E-state index contributed by atoms with van der Waals surface area (Å²) in [6, 6.07) is 6.89. The van der Waals surface area contributed by atoms with E-state index in [1.807, 2.05) is 13.8 Å². The van der Waals surface area contributed by atoms with E-state index in [1.165, 1.54) is 21.5 Å². The van der Waals surface area contributed by atoms with Gasteiger partial charge in [0.05, 0.1) is 23.2 Å². The van der Waals surface area contributed by atoms with Gasteiger partial charge >= 0.3 is 5.69 Å². The lowest BCUT2D eigenvalue weighted by molar-refractivity contribution is -0.124. The van der Waals surface area contributed by atoms with Crippen LogP contribution < -0.4 is 26.8 Å². The molecule has 1 aliphatic heterocycles. The van der Waals surface area contributed by atoms with Gasteiger partial charge < -0.3 is 20.3 Å². The number of ether oxygens (including phenoxy) is 1. The van der Waals surface area contributed by atoms with E-state index in [-0.39, 0.29) is 56.0 Å². The van der Waals surface area contributed by atoms with Gasteiger partial charge in [-0.1, -0.05) is 37.6 Å². The lowest BCUT2D eigenvalue weighted by Crippen LogP contribution is -2.45. The Morgan fingerprint density at radius 1 is 1.30 bits per heavy atom. The third-order valence-corrected chi connectivity index (χ3v) is 5.75. The summed E-state index contributed by atoms with van der Waals surface area (Å²) in [5, 5.41) is 0.400. The van der Waals surface area contributed by atoms with Crippen LogP contribution in [0.2, 0.25) is 5.02 Å². The highest BCUT2D eigenvalue weighted by atomic mass is 35.5. The van der Waals surface area contributed by atoms with Crippen LogP contribution in [0.25, 0.3) is 0 Å². The molecule has 0 radical (unpaired) electrons. The number of H-pyrrole nitrogens is 1. The Morgan fingerprint density at radius 2 is 2.00 bits per heavy atom. The molecule has 0 bridgehead atoms. The summed E-state index contributed by atoms with van der Waals surface area (Å²) in [6.45, 7) is 4.33. The van der Waals surface area contributed by atoms with Gasteiger partial charge in [-0.05, 0) is 18.1 Å².